The number of aromatic nitrogens is 1. The van der Waals surface area contributed by atoms with E-state index in [-0.39, 0.29) is 11.6 Å². The molecule has 0 spiro atoms. The molecule has 2 rings (SSSR count). The van der Waals surface area contributed by atoms with Gasteiger partial charge in [-0.3, -0.25) is 9.59 Å². The summed E-state index contributed by atoms with van der Waals surface area (Å²) >= 11 is 5.75. The zero-order chi connectivity index (χ0) is 13.2. The first-order chi connectivity index (χ1) is 8.64. The topological polar surface area (TPSA) is 62.3 Å². The predicted octanol–water partition coefficient (Wildman–Crippen LogP) is 1.14. The standard InChI is InChI=1S/C12H14ClN3O2/c1-16(8-18)12(4-5-12)11(15-7-17)9-2-3-10(13)14-6-9/h2-3,6-8,11H,4-5H2,1H3,(H,15,17). The molecule has 1 aliphatic carbocycles. The minimum atomic E-state index is -0.335. The number of nitrogens with zero attached hydrogens (tertiary/aromatic N) is 2. The fourth-order valence-corrected chi connectivity index (χ4v) is 2.38. The zero-order valence-corrected chi connectivity index (χ0v) is 10.7. The fraction of sp³-hybridized carbons (Fsp3) is 0.417. The Morgan fingerprint density at radius 3 is 2.67 bits per heavy atom. The van der Waals surface area contributed by atoms with Crippen molar-refractivity contribution >= 4 is 24.4 Å². The summed E-state index contributed by atoms with van der Waals surface area (Å²) in [5.41, 5.74) is 0.510. The van der Waals surface area contributed by atoms with Crippen LogP contribution >= 0.6 is 11.6 Å². The number of halogens is 1. The SMILES string of the molecule is CN(C=O)C1(C(NC=O)c2ccc(Cl)nc2)CC1. The number of carbonyl (C=O) groups is 2. The monoisotopic (exact) mass is 267 g/mol. The van der Waals surface area contributed by atoms with Crippen molar-refractivity contribution in [3.63, 3.8) is 0 Å². The normalized spacial score (nSPS) is 17.7. The molecule has 1 aliphatic rings. The first kappa shape index (κ1) is 12.8. The Labute approximate surface area is 110 Å². The van der Waals surface area contributed by atoms with E-state index in [1.54, 1.807) is 24.2 Å². The van der Waals surface area contributed by atoms with Gasteiger partial charge in [0.1, 0.15) is 5.15 Å². The Bertz CT molecular complexity index is 445. The molecule has 1 heterocycles. The summed E-state index contributed by atoms with van der Waals surface area (Å²) in [6.45, 7) is 0. The molecular weight excluding hydrogens is 254 g/mol. The average molecular weight is 268 g/mol. The van der Waals surface area contributed by atoms with Gasteiger partial charge in [-0.25, -0.2) is 4.98 Å². The smallest absolute Gasteiger partial charge is 0.209 e. The molecule has 0 aromatic carbocycles. The molecule has 2 amide bonds. The fourth-order valence-electron chi connectivity index (χ4n) is 2.27. The Kier molecular flexibility index (Phi) is 3.52. The van der Waals surface area contributed by atoms with E-state index in [0.29, 0.717) is 11.6 Å². The van der Waals surface area contributed by atoms with Crippen LogP contribution in [0.4, 0.5) is 0 Å². The van der Waals surface area contributed by atoms with Gasteiger partial charge >= 0.3 is 0 Å². The first-order valence-electron chi connectivity index (χ1n) is 5.63. The van der Waals surface area contributed by atoms with Gasteiger partial charge in [0.15, 0.2) is 0 Å². The highest BCUT2D eigenvalue weighted by Crippen LogP contribution is 2.49. The van der Waals surface area contributed by atoms with Gasteiger partial charge in [-0.05, 0) is 24.5 Å². The molecule has 1 atom stereocenters. The molecule has 0 aliphatic heterocycles. The van der Waals surface area contributed by atoms with E-state index in [2.05, 4.69) is 10.3 Å². The molecule has 1 N–H and O–H groups in total. The van der Waals surface area contributed by atoms with E-state index < -0.39 is 0 Å². The predicted molar refractivity (Wildman–Crippen MR) is 67.0 cm³/mol. The largest absolute Gasteiger partial charge is 0.349 e. The summed E-state index contributed by atoms with van der Waals surface area (Å²) in [6.07, 6.45) is 4.78. The summed E-state index contributed by atoms with van der Waals surface area (Å²) in [4.78, 5) is 27.4. The Morgan fingerprint density at radius 1 is 1.50 bits per heavy atom. The van der Waals surface area contributed by atoms with E-state index in [1.807, 2.05) is 6.07 Å². The van der Waals surface area contributed by atoms with Crippen LogP contribution < -0.4 is 5.32 Å². The van der Waals surface area contributed by atoms with E-state index in [0.717, 1.165) is 24.8 Å². The van der Waals surface area contributed by atoms with Crippen LogP contribution in [-0.4, -0.2) is 35.3 Å². The first-order valence-corrected chi connectivity index (χ1v) is 6.01. The summed E-state index contributed by atoms with van der Waals surface area (Å²) in [7, 11) is 1.73. The Morgan fingerprint density at radius 2 is 2.22 bits per heavy atom. The van der Waals surface area contributed by atoms with Crippen LogP contribution in [0.5, 0.6) is 0 Å². The number of pyridine rings is 1. The van der Waals surface area contributed by atoms with Gasteiger partial charge in [-0.1, -0.05) is 17.7 Å². The van der Waals surface area contributed by atoms with Crippen LogP contribution in [0.15, 0.2) is 18.3 Å². The molecule has 0 radical (unpaired) electrons. The molecule has 1 aromatic heterocycles. The molecule has 1 fully saturated rings. The zero-order valence-electron chi connectivity index (χ0n) is 9.97. The lowest BCUT2D eigenvalue weighted by atomic mass is 9.98. The number of rotatable bonds is 6. The second-order valence-corrected chi connectivity index (χ2v) is 4.84. The maximum absolute atomic E-state index is 11.0. The van der Waals surface area contributed by atoms with Gasteiger partial charge in [-0.2, -0.15) is 0 Å². The Hall–Kier alpha value is -1.62. The quantitative estimate of drug-likeness (QED) is 0.621. The van der Waals surface area contributed by atoms with E-state index in [1.165, 1.54) is 0 Å². The summed E-state index contributed by atoms with van der Waals surface area (Å²) in [5.74, 6) is 0. The van der Waals surface area contributed by atoms with Crippen molar-refractivity contribution in [2.75, 3.05) is 7.05 Å². The molecule has 18 heavy (non-hydrogen) atoms. The van der Waals surface area contributed by atoms with Crippen LogP contribution in [0.25, 0.3) is 0 Å². The number of hydrogen-bond acceptors (Lipinski definition) is 3. The maximum Gasteiger partial charge on any atom is 0.209 e. The van der Waals surface area contributed by atoms with Gasteiger partial charge in [0.2, 0.25) is 12.8 Å². The molecule has 0 bridgehead atoms. The summed E-state index contributed by atoms with van der Waals surface area (Å²) in [5, 5.41) is 3.17. The van der Waals surface area contributed by atoms with Crippen molar-refractivity contribution in [2.24, 2.45) is 0 Å². The lowest BCUT2D eigenvalue weighted by Crippen LogP contribution is -2.44. The highest BCUT2D eigenvalue weighted by Gasteiger charge is 2.53. The minimum absolute atomic E-state index is 0.255. The molecule has 0 saturated heterocycles. The van der Waals surface area contributed by atoms with E-state index in [9.17, 15) is 9.59 Å². The van der Waals surface area contributed by atoms with Gasteiger partial charge in [0.05, 0.1) is 11.6 Å². The molecule has 96 valence electrons. The number of amides is 2. The average Bonchev–Trinajstić information content (AvgIpc) is 3.18. The highest BCUT2D eigenvalue weighted by atomic mass is 35.5. The van der Waals surface area contributed by atoms with Gasteiger partial charge < -0.3 is 10.2 Å². The van der Waals surface area contributed by atoms with E-state index in [4.69, 9.17) is 11.6 Å². The van der Waals surface area contributed by atoms with Crippen molar-refractivity contribution in [3.05, 3.63) is 29.0 Å². The molecule has 1 aromatic rings. The number of likely N-dealkylation sites (N-methyl/N-ethyl adjacent to an activating group) is 1. The van der Waals surface area contributed by atoms with Crippen LogP contribution in [0.1, 0.15) is 24.4 Å². The lowest BCUT2D eigenvalue weighted by Gasteiger charge is -2.32. The number of nitrogens with one attached hydrogen (secondary N) is 1. The van der Waals surface area contributed by atoms with Gasteiger partial charge in [0, 0.05) is 13.2 Å². The van der Waals surface area contributed by atoms with Crippen LogP contribution in [-0.2, 0) is 9.59 Å². The third kappa shape index (κ3) is 2.18. The van der Waals surface area contributed by atoms with Crippen molar-refractivity contribution in [2.45, 2.75) is 24.4 Å². The second kappa shape index (κ2) is 4.94. The van der Waals surface area contributed by atoms with Crippen molar-refractivity contribution < 1.29 is 9.59 Å². The van der Waals surface area contributed by atoms with Crippen LogP contribution in [0.3, 0.4) is 0 Å². The molecule has 1 saturated carbocycles. The van der Waals surface area contributed by atoms with E-state index >= 15 is 0 Å². The summed E-state index contributed by atoms with van der Waals surface area (Å²) < 4.78 is 0. The van der Waals surface area contributed by atoms with Crippen molar-refractivity contribution in [1.29, 1.82) is 0 Å². The van der Waals surface area contributed by atoms with Crippen molar-refractivity contribution in [1.82, 2.24) is 15.2 Å². The molecule has 5 nitrogen and oxygen atoms in total. The van der Waals surface area contributed by atoms with Gasteiger partial charge in [0.25, 0.3) is 0 Å². The van der Waals surface area contributed by atoms with Crippen molar-refractivity contribution in [3.8, 4) is 0 Å². The third-order valence-corrected chi connectivity index (χ3v) is 3.70. The van der Waals surface area contributed by atoms with Crippen LogP contribution in [0, 0.1) is 0 Å². The molecule has 1 unspecified atom stereocenters. The summed E-state index contributed by atoms with van der Waals surface area (Å²) in [6, 6.07) is 3.23. The molecular formula is C12H14ClN3O2. The highest BCUT2D eigenvalue weighted by molar-refractivity contribution is 6.29. The Balaban J connectivity index is 2.31. The lowest BCUT2D eigenvalue weighted by molar-refractivity contribution is -0.121. The third-order valence-electron chi connectivity index (χ3n) is 3.48. The number of hydrogen-bond donors (Lipinski definition) is 1. The maximum atomic E-state index is 11.0. The number of carbonyl (C=O) groups excluding carboxylic acids is 2. The van der Waals surface area contributed by atoms with Crippen LogP contribution in [0.2, 0.25) is 5.15 Å². The second-order valence-electron chi connectivity index (χ2n) is 4.45. The minimum Gasteiger partial charge on any atom is -0.349 e. The van der Waals surface area contributed by atoms with Gasteiger partial charge in [-0.15, -0.1) is 0 Å². The molecule has 6 heteroatoms.